The highest BCUT2D eigenvalue weighted by molar-refractivity contribution is 7.18. The minimum atomic E-state index is 0.183. The molecule has 1 fully saturated rings. The first-order valence-corrected chi connectivity index (χ1v) is 9.97. The number of carbonyl (C=O) groups excluding carboxylic acids is 1. The number of para-hydroxylation sites is 1. The SMILES string of the molecule is Cc1cc(C(=O)N2CCC[C@@H](c3nc4ccccc4s3)C2)c(C)s1. The molecule has 1 atom stereocenters. The van der Waals surface area contributed by atoms with E-state index >= 15 is 0 Å². The van der Waals surface area contributed by atoms with Crippen LogP contribution in [0.1, 0.15) is 43.9 Å². The molecule has 124 valence electrons. The highest BCUT2D eigenvalue weighted by Crippen LogP contribution is 2.34. The summed E-state index contributed by atoms with van der Waals surface area (Å²) < 4.78 is 1.24. The summed E-state index contributed by atoms with van der Waals surface area (Å²) in [5.41, 5.74) is 1.95. The number of carbonyl (C=O) groups is 1. The highest BCUT2D eigenvalue weighted by atomic mass is 32.1. The second-order valence-electron chi connectivity index (χ2n) is 6.44. The first-order chi connectivity index (χ1) is 11.6. The van der Waals surface area contributed by atoms with Crippen LogP contribution in [-0.4, -0.2) is 28.9 Å². The number of hydrogen-bond acceptors (Lipinski definition) is 4. The Morgan fingerprint density at radius 1 is 1.25 bits per heavy atom. The van der Waals surface area contributed by atoms with E-state index in [0.717, 1.165) is 41.9 Å². The molecule has 5 heteroatoms. The summed E-state index contributed by atoms with van der Waals surface area (Å²) in [6.45, 7) is 5.75. The monoisotopic (exact) mass is 356 g/mol. The zero-order valence-corrected chi connectivity index (χ0v) is 15.5. The van der Waals surface area contributed by atoms with Crippen molar-refractivity contribution >= 4 is 38.8 Å². The van der Waals surface area contributed by atoms with Crippen LogP contribution in [0.3, 0.4) is 0 Å². The van der Waals surface area contributed by atoms with Gasteiger partial charge in [0.2, 0.25) is 0 Å². The van der Waals surface area contributed by atoms with Crippen molar-refractivity contribution in [2.75, 3.05) is 13.1 Å². The molecule has 0 aliphatic carbocycles. The Morgan fingerprint density at radius 2 is 2.08 bits per heavy atom. The number of aromatic nitrogens is 1. The van der Waals surface area contributed by atoms with E-state index in [9.17, 15) is 4.79 Å². The molecule has 1 aliphatic rings. The third kappa shape index (κ3) is 2.87. The van der Waals surface area contributed by atoms with Crippen molar-refractivity contribution in [1.29, 1.82) is 0 Å². The lowest BCUT2D eigenvalue weighted by Crippen LogP contribution is -2.39. The average Bonchev–Trinajstić information content (AvgIpc) is 3.17. The van der Waals surface area contributed by atoms with E-state index in [4.69, 9.17) is 4.98 Å². The Bertz CT molecular complexity index is 863. The summed E-state index contributed by atoms with van der Waals surface area (Å²) in [4.78, 5) is 22.1. The molecule has 1 amide bonds. The van der Waals surface area contributed by atoms with Crippen molar-refractivity contribution in [2.24, 2.45) is 0 Å². The average molecular weight is 357 g/mol. The van der Waals surface area contributed by atoms with E-state index in [0.29, 0.717) is 5.92 Å². The Balaban J connectivity index is 1.57. The van der Waals surface area contributed by atoms with E-state index in [1.54, 1.807) is 22.7 Å². The number of thiazole rings is 1. The molecule has 3 nitrogen and oxygen atoms in total. The number of piperidine rings is 1. The van der Waals surface area contributed by atoms with Crippen molar-refractivity contribution in [1.82, 2.24) is 9.88 Å². The summed E-state index contributed by atoms with van der Waals surface area (Å²) in [7, 11) is 0. The summed E-state index contributed by atoms with van der Waals surface area (Å²) >= 11 is 3.48. The van der Waals surface area contributed by atoms with Gasteiger partial charge < -0.3 is 4.90 Å². The van der Waals surface area contributed by atoms with Gasteiger partial charge in [-0.1, -0.05) is 12.1 Å². The van der Waals surface area contributed by atoms with Crippen LogP contribution in [-0.2, 0) is 0 Å². The van der Waals surface area contributed by atoms with Crippen LogP contribution in [0, 0.1) is 13.8 Å². The largest absolute Gasteiger partial charge is 0.338 e. The number of thiophene rings is 1. The van der Waals surface area contributed by atoms with Crippen molar-refractivity contribution < 1.29 is 4.79 Å². The maximum atomic E-state index is 12.9. The summed E-state index contributed by atoms with van der Waals surface area (Å²) in [6, 6.07) is 10.3. The molecule has 3 heterocycles. The number of aryl methyl sites for hydroxylation is 2. The number of nitrogens with zero attached hydrogens (tertiary/aromatic N) is 2. The topological polar surface area (TPSA) is 33.2 Å². The number of benzene rings is 1. The van der Waals surface area contributed by atoms with Gasteiger partial charge >= 0.3 is 0 Å². The normalized spacial score (nSPS) is 18.2. The standard InChI is InChI=1S/C19H20N2OS2/c1-12-10-15(13(2)23-12)19(22)21-9-5-6-14(11-21)18-20-16-7-3-4-8-17(16)24-18/h3-4,7-8,10,14H,5-6,9,11H2,1-2H3/t14-/m1/s1. The maximum absolute atomic E-state index is 12.9. The van der Waals surface area contributed by atoms with Gasteiger partial charge in [0.15, 0.2) is 0 Å². The molecule has 1 aromatic carbocycles. The van der Waals surface area contributed by atoms with E-state index in [-0.39, 0.29) is 5.91 Å². The second-order valence-corrected chi connectivity index (χ2v) is 8.96. The number of amides is 1. The van der Waals surface area contributed by atoms with Crippen LogP contribution < -0.4 is 0 Å². The number of fused-ring (bicyclic) bond motifs is 1. The van der Waals surface area contributed by atoms with Gasteiger partial charge in [-0.05, 0) is 44.9 Å². The van der Waals surface area contributed by atoms with Crippen molar-refractivity contribution in [3.63, 3.8) is 0 Å². The quantitative estimate of drug-likeness (QED) is 0.648. The zero-order valence-electron chi connectivity index (χ0n) is 13.9. The van der Waals surface area contributed by atoms with E-state index in [1.807, 2.05) is 24.0 Å². The molecular weight excluding hydrogens is 336 g/mol. The fourth-order valence-electron chi connectivity index (χ4n) is 3.44. The zero-order chi connectivity index (χ0) is 16.7. The van der Waals surface area contributed by atoms with Crippen molar-refractivity contribution in [3.05, 3.63) is 50.7 Å². The summed E-state index contributed by atoms with van der Waals surface area (Å²) in [5.74, 6) is 0.544. The van der Waals surface area contributed by atoms with Crippen LogP contribution in [0.4, 0.5) is 0 Å². The number of rotatable bonds is 2. The first-order valence-electron chi connectivity index (χ1n) is 8.33. The van der Waals surface area contributed by atoms with Crippen molar-refractivity contribution in [2.45, 2.75) is 32.6 Å². The molecule has 0 bridgehead atoms. The maximum Gasteiger partial charge on any atom is 0.255 e. The van der Waals surface area contributed by atoms with Gasteiger partial charge in [-0.15, -0.1) is 22.7 Å². The number of likely N-dealkylation sites (tertiary alicyclic amines) is 1. The Morgan fingerprint density at radius 3 is 2.83 bits per heavy atom. The van der Waals surface area contributed by atoms with Crippen LogP contribution in [0.15, 0.2) is 30.3 Å². The molecule has 1 saturated heterocycles. The molecule has 0 saturated carbocycles. The van der Waals surface area contributed by atoms with Gasteiger partial charge in [0.25, 0.3) is 5.91 Å². The number of hydrogen-bond donors (Lipinski definition) is 0. The fraction of sp³-hybridized carbons (Fsp3) is 0.368. The van der Waals surface area contributed by atoms with E-state index < -0.39 is 0 Å². The molecule has 3 aromatic rings. The lowest BCUT2D eigenvalue weighted by molar-refractivity contribution is 0.0707. The van der Waals surface area contributed by atoms with Gasteiger partial charge in [-0.3, -0.25) is 4.79 Å². The minimum absolute atomic E-state index is 0.183. The molecule has 4 rings (SSSR count). The molecular formula is C19H20N2OS2. The molecule has 0 unspecified atom stereocenters. The third-order valence-corrected chi connectivity index (χ3v) is 6.80. The van der Waals surface area contributed by atoms with Gasteiger partial charge in [-0.25, -0.2) is 4.98 Å². The van der Waals surface area contributed by atoms with Crippen molar-refractivity contribution in [3.8, 4) is 0 Å². The van der Waals surface area contributed by atoms with E-state index in [1.165, 1.54) is 14.6 Å². The molecule has 1 aliphatic heterocycles. The third-order valence-electron chi connectivity index (χ3n) is 4.64. The van der Waals surface area contributed by atoms with E-state index in [2.05, 4.69) is 25.1 Å². The Hall–Kier alpha value is -1.72. The minimum Gasteiger partial charge on any atom is -0.338 e. The van der Waals surface area contributed by atoms with Gasteiger partial charge in [0.1, 0.15) is 0 Å². The lowest BCUT2D eigenvalue weighted by atomic mass is 9.98. The van der Waals surface area contributed by atoms with Crippen LogP contribution >= 0.6 is 22.7 Å². The Kier molecular flexibility index (Phi) is 4.14. The lowest BCUT2D eigenvalue weighted by Gasteiger charge is -2.31. The van der Waals surface area contributed by atoms with Crippen LogP contribution in [0.5, 0.6) is 0 Å². The molecule has 0 N–H and O–H groups in total. The van der Waals surface area contributed by atoms with Gasteiger partial charge in [0, 0.05) is 28.8 Å². The molecule has 2 aromatic heterocycles. The predicted molar refractivity (Wildman–Crippen MR) is 101 cm³/mol. The summed E-state index contributed by atoms with van der Waals surface area (Å²) in [5, 5.41) is 1.17. The Labute approximate surface area is 150 Å². The first kappa shape index (κ1) is 15.8. The predicted octanol–water partition coefficient (Wildman–Crippen LogP) is 4.99. The smallest absolute Gasteiger partial charge is 0.255 e. The second kappa shape index (κ2) is 6.30. The van der Waals surface area contributed by atoms with Crippen LogP contribution in [0.2, 0.25) is 0 Å². The van der Waals surface area contributed by atoms with Gasteiger partial charge in [-0.2, -0.15) is 0 Å². The molecule has 0 radical (unpaired) electrons. The van der Waals surface area contributed by atoms with Gasteiger partial charge in [0.05, 0.1) is 20.8 Å². The molecule has 0 spiro atoms. The summed E-state index contributed by atoms with van der Waals surface area (Å²) in [6.07, 6.45) is 2.17. The van der Waals surface area contributed by atoms with Crippen LogP contribution in [0.25, 0.3) is 10.2 Å². The molecule has 24 heavy (non-hydrogen) atoms. The fourth-order valence-corrected chi connectivity index (χ4v) is 5.45. The highest BCUT2D eigenvalue weighted by Gasteiger charge is 2.28.